The molecule has 1 aliphatic rings. The summed E-state index contributed by atoms with van der Waals surface area (Å²) in [6, 6.07) is 5.78. The molecule has 1 aliphatic carbocycles. The first-order valence-electron chi connectivity index (χ1n) is 7.64. The number of nitrogens with zero attached hydrogens (tertiary/aromatic N) is 3. The van der Waals surface area contributed by atoms with Gasteiger partial charge < -0.3 is 10.1 Å². The van der Waals surface area contributed by atoms with Gasteiger partial charge in [0.25, 0.3) is 6.43 Å². The molecule has 0 fully saturated rings. The fourth-order valence-corrected chi connectivity index (χ4v) is 3.00. The standard InChI is InChI=1S/C16H18F2N4O2/c1-22-13(14(17)18)15(20-21-22)19-16(23)11-4-3-10-8-12(24-2)6-5-9(10)7-11/h5-6,8,11,14H,3-4,7H2,1-2H3,(H,19,23). The lowest BCUT2D eigenvalue weighted by molar-refractivity contribution is -0.120. The Kier molecular flexibility index (Phi) is 4.46. The summed E-state index contributed by atoms with van der Waals surface area (Å²) in [5.74, 6) is 0.0353. The van der Waals surface area contributed by atoms with E-state index in [1.54, 1.807) is 7.11 Å². The predicted molar refractivity (Wildman–Crippen MR) is 83.1 cm³/mol. The van der Waals surface area contributed by atoms with Crippen LogP contribution in [0.1, 0.15) is 29.7 Å². The lowest BCUT2D eigenvalue weighted by atomic mass is 9.83. The van der Waals surface area contributed by atoms with E-state index in [4.69, 9.17) is 4.74 Å². The van der Waals surface area contributed by atoms with Gasteiger partial charge in [-0.25, -0.2) is 13.5 Å². The van der Waals surface area contributed by atoms with Crippen molar-refractivity contribution in [2.45, 2.75) is 25.7 Å². The molecule has 0 radical (unpaired) electrons. The Bertz CT molecular complexity index is 761. The van der Waals surface area contributed by atoms with Crippen molar-refractivity contribution in [1.82, 2.24) is 15.0 Å². The zero-order valence-corrected chi connectivity index (χ0v) is 13.4. The molecule has 0 spiro atoms. The number of aromatic nitrogens is 3. The van der Waals surface area contributed by atoms with Crippen LogP contribution in [0.5, 0.6) is 5.75 Å². The van der Waals surface area contributed by atoms with E-state index in [9.17, 15) is 13.6 Å². The highest BCUT2D eigenvalue weighted by atomic mass is 19.3. The van der Waals surface area contributed by atoms with Crippen LogP contribution in [0.2, 0.25) is 0 Å². The topological polar surface area (TPSA) is 69.0 Å². The highest BCUT2D eigenvalue weighted by Gasteiger charge is 2.28. The second-order valence-electron chi connectivity index (χ2n) is 5.81. The fraction of sp³-hybridized carbons (Fsp3) is 0.438. The normalized spacial score (nSPS) is 16.8. The molecule has 1 amide bonds. The van der Waals surface area contributed by atoms with E-state index < -0.39 is 6.43 Å². The Morgan fingerprint density at radius 2 is 2.21 bits per heavy atom. The number of carbonyl (C=O) groups excluding carboxylic acids is 1. The van der Waals surface area contributed by atoms with Crippen LogP contribution in [0, 0.1) is 5.92 Å². The summed E-state index contributed by atoms with van der Waals surface area (Å²) < 4.78 is 32.2. The zero-order chi connectivity index (χ0) is 17.3. The van der Waals surface area contributed by atoms with E-state index in [-0.39, 0.29) is 23.3 Å². The first-order valence-corrected chi connectivity index (χ1v) is 7.64. The van der Waals surface area contributed by atoms with Crippen molar-refractivity contribution in [3.63, 3.8) is 0 Å². The smallest absolute Gasteiger partial charge is 0.283 e. The van der Waals surface area contributed by atoms with Gasteiger partial charge in [0.1, 0.15) is 11.4 Å². The van der Waals surface area contributed by atoms with Crippen molar-refractivity contribution in [2.24, 2.45) is 13.0 Å². The number of aryl methyl sites for hydroxylation is 2. The molecule has 6 nitrogen and oxygen atoms in total. The molecule has 0 aliphatic heterocycles. The van der Waals surface area contributed by atoms with Gasteiger partial charge in [0.05, 0.1) is 7.11 Å². The van der Waals surface area contributed by atoms with Crippen molar-refractivity contribution in [2.75, 3.05) is 12.4 Å². The number of benzene rings is 1. The second-order valence-corrected chi connectivity index (χ2v) is 5.81. The quantitative estimate of drug-likeness (QED) is 0.931. The van der Waals surface area contributed by atoms with Crippen molar-refractivity contribution in [3.8, 4) is 5.75 Å². The van der Waals surface area contributed by atoms with Gasteiger partial charge in [-0.1, -0.05) is 11.3 Å². The minimum Gasteiger partial charge on any atom is -0.497 e. The molecule has 0 bridgehead atoms. The third kappa shape index (κ3) is 3.08. The third-order valence-corrected chi connectivity index (χ3v) is 4.33. The van der Waals surface area contributed by atoms with Crippen molar-refractivity contribution >= 4 is 11.7 Å². The average molecular weight is 336 g/mol. The van der Waals surface area contributed by atoms with Gasteiger partial charge in [-0.2, -0.15) is 0 Å². The minimum atomic E-state index is -2.75. The lowest BCUT2D eigenvalue weighted by Gasteiger charge is -2.24. The number of anilines is 1. The van der Waals surface area contributed by atoms with Gasteiger partial charge in [0.15, 0.2) is 5.82 Å². The molecular weight excluding hydrogens is 318 g/mol. The number of halogens is 2. The number of alkyl halides is 2. The maximum atomic E-state index is 13.0. The molecule has 1 aromatic heterocycles. The monoisotopic (exact) mass is 336 g/mol. The van der Waals surface area contributed by atoms with Gasteiger partial charge >= 0.3 is 0 Å². The predicted octanol–water partition coefficient (Wildman–Crippen LogP) is 2.50. The number of ether oxygens (including phenoxy) is 1. The Morgan fingerprint density at radius 3 is 2.92 bits per heavy atom. The van der Waals surface area contributed by atoms with Crippen LogP contribution in [0.3, 0.4) is 0 Å². The Hall–Kier alpha value is -2.51. The number of amides is 1. The largest absolute Gasteiger partial charge is 0.497 e. The first-order chi connectivity index (χ1) is 11.5. The molecule has 0 saturated heterocycles. The maximum Gasteiger partial charge on any atom is 0.283 e. The van der Waals surface area contributed by atoms with Crippen LogP contribution in [0.4, 0.5) is 14.6 Å². The molecule has 1 atom stereocenters. The van der Waals surface area contributed by atoms with Crippen LogP contribution in [0.15, 0.2) is 18.2 Å². The third-order valence-electron chi connectivity index (χ3n) is 4.33. The van der Waals surface area contributed by atoms with Gasteiger partial charge in [-0.15, -0.1) is 5.10 Å². The highest BCUT2D eigenvalue weighted by molar-refractivity contribution is 5.92. The van der Waals surface area contributed by atoms with Gasteiger partial charge in [-0.3, -0.25) is 4.79 Å². The molecule has 1 N–H and O–H groups in total. The molecule has 128 valence electrons. The summed E-state index contributed by atoms with van der Waals surface area (Å²) in [4.78, 5) is 12.4. The van der Waals surface area contributed by atoms with Crippen molar-refractivity contribution < 1.29 is 18.3 Å². The average Bonchev–Trinajstić information content (AvgIpc) is 2.94. The number of carbonyl (C=O) groups is 1. The number of fused-ring (bicyclic) bond motifs is 1. The van der Waals surface area contributed by atoms with Gasteiger partial charge in [-0.05, 0) is 42.5 Å². The van der Waals surface area contributed by atoms with Crippen LogP contribution >= 0.6 is 0 Å². The molecule has 0 saturated carbocycles. The Labute approximate surface area is 137 Å². The van der Waals surface area contributed by atoms with E-state index >= 15 is 0 Å². The van der Waals surface area contributed by atoms with Crippen molar-refractivity contribution in [3.05, 3.63) is 35.0 Å². The summed E-state index contributed by atoms with van der Waals surface area (Å²) in [5.41, 5.74) is 1.85. The molecular formula is C16H18F2N4O2. The van der Waals surface area contributed by atoms with E-state index in [2.05, 4.69) is 15.6 Å². The number of rotatable bonds is 4. The number of hydrogen-bond acceptors (Lipinski definition) is 4. The molecule has 3 rings (SSSR count). The summed E-state index contributed by atoms with van der Waals surface area (Å²) in [6.07, 6.45) is -0.793. The highest BCUT2D eigenvalue weighted by Crippen LogP contribution is 2.30. The van der Waals surface area contributed by atoms with E-state index in [1.807, 2.05) is 18.2 Å². The van der Waals surface area contributed by atoms with E-state index in [0.29, 0.717) is 12.8 Å². The maximum absolute atomic E-state index is 13.0. The molecule has 1 heterocycles. The van der Waals surface area contributed by atoms with E-state index in [0.717, 1.165) is 28.0 Å². The lowest BCUT2D eigenvalue weighted by Crippen LogP contribution is -2.28. The molecule has 1 aromatic carbocycles. The molecule has 24 heavy (non-hydrogen) atoms. The van der Waals surface area contributed by atoms with Gasteiger partial charge in [0, 0.05) is 13.0 Å². The summed E-state index contributed by atoms with van der Waals surface area (Å²) in [5, 5.41) is 9.67. The van der Waals surface area contributed by atoms with Gasteiger partial charge in [0.2, 0.25) is 5.91 Å². The van der Waals surface area contributed by atoms with Crippen molar-refractivity contribution in [1.29, 1.82) is 0 Å². The Morgan fingerprint density at radius 1 is 1.42 bits per heavy atom. The fourth-order valence-electron chi connectivity index (χ4n) is 3.00. The zero-order valence-electron chi connectivity index (χ0n) is 13.4. The van der Waals surface area contributed by atoms with E-state index in [1.165, 1.54) is 7.05 Å². The van der Waals surface area contributed by atoms with Crippen LogP contribution in [-0.2, 0) is 24.7 Å². The summed E-state index contributed by atoms with van der Waals surface area (Å²) in [6.45, 7) is 0. The van der Waals surface area contributed by atoms with Crippen LogP contribution in [-0.4, -0.2) is 28.0 Å². The molecule has 2 aromatic rings. The number of hydrogen-bond donors (Lipinski definition) is 1. The SMILES string of the molecule is COc1ccc2c(c1)CCC(C(=O)Nc1nnn(C)c1C(F)F)C2. The Balaban J connectivity index is 1.73. The van der Waals surface area contributed by atoms with Crippen LogP contribution in [0.25, 0.3) is 0 Å². The number of nitrogens with one attached hydrogen (secondary N) is 1. The summed E-state index contributed by atoms with van der Waals surface area (Å²) >= 11 is 0. The molecule has 8 heteroatoms. The second kappa shape index (κ2) is 6.54. The molecule has 1 unspecified atom stereocenters. The minimum absolute atomic E-state index is 0.168. The van der Waals surface area contributed by atoms with Crippen LogP contribution < -0.4 is 10.1 Å². The number of methoxy groups -OCH3 is 1. The summed E-state index contributed by atoms with van der Waals surface area (Å²) in [7, 11) is 2.98. The first kappa shape index (κ1) is 16.4.